The van der Waals surface area contributed by atoms with Crippen molar-refractivity contribution in [3.05, 3.63) is 65.5 Å². The topological polar surface area (TPSA) is 21.8 Å². The summed E-state index contributed by atoms with van der Waals surface area (Å²) >= 11 is 0. The molecule has 2 aromatic rings. The molecule has 1 atom stereocenters. The van der Waals surface area contributed by atoms with Gasteiger partial charge in [0.25, 0.3) is 0 Å². The first-order valence-corrected chi connectivity index (χ1v) is 9.03. The van der Waals surface area contributed by atoms with Gasteiger partial charge in [0.1, 0.15) is 13.1 Å². The number of rotatable bonds is 3. The van der Waals surface area contributed by atoms with Crippen molar-refractivity contribution < 1.29 is 9.80 Å². The Hall–Kier alpha value is -1.71. The number of nitrogens with zero attached hydrogens (tertiary/aromatic N) is 1. The third kappa shape index (κ3) is 3.46. The summed E-state index contributed by atoms with van der Waals surface area (Å²) in [6.07, 6.45) is 5.89. The van der Waals surface area contributed by atoms with E-state index in [2.05, 4.69) is 41.4 Å². The first kappa shape index (κ1) is 14.9. The molecule has 0 saturated carbocycles. The van der Waals surface area contributed by atoms with Crippen LogP contribution in [0.3, 0.4) is 0 Å². The fourth-order valence-corrected chi connectivity index (χ4v) is 4.32. The zero-order valence-electron chi connectivity index (χ0n) is 13.8. The second kappa shape index (κ2) is 6.81. The summed E-state index contributed by atoms with van der Waals surface area (Å²) in [6.45, 7) is 6.23. The number of likely N-dealkylation sites (tertiary alicyclic amines) is 1. The number of nitrogens with one attached hydrogen (secondary N) is 2. The van der Waals surface area contributed by atoms with Crippen LogP contribution in [0.5, 0.6) is 0 Å². The summed E-state index contributed by atoms with van der Waals surface area (Å²) < 4.78 is 0. The van der Waals surface area contributed by atoms with Crippen LogP contribution in [0, 0.1) is 0 Å². The van der Waals surface area contributed by atoms with E-state index in [4.69, 9.17) is 0 Å². The number of hydrogen-bond donors (Lipinski definition) is 2. The average Bonchev–Trinajstić information content (AvgIpc) is 2.63. The predicted octanol–water partition coefficient (Wildman–Crippen LogP) is 0.270. The predicted molar refractivity (Wildman–Crippen MR) is 91.3 cm³/mol. The second-order valence-electron chi connectivity index (χ2n) is 7.13. The maximum Gasteiger partial charge on any atom is 0.120 e. The SMILES string of the molecule is c1ccc(C[NH+]2CCC([NH+]3CCc4ccccc4C3)CC2)nc1. The zero-order chi connectivity index (χ0) is 15.5. The Kier molecular flexibility index (Phi) is 4.40. The van der Waals surface area contributed by atoms with Crippen LogP contribution in [0.25, 0.3) is 0 Å². The minimum absolute atomic E-state index is 0.857. The van der Waals surface area contributed by atoms with Gasteiger partial charge in [-0.05, 0) is 17.7 Å². The molecule has 120 valence electrons. The van der Waals surface area contributed by atoms with Crippen LogP contribution in [0.2, 0.25) is 0 Å². The lowest BCUT2D eigenvalue weighted by atomic mass is 9.95. The van der Waals surface area contributed by atoms with Gasteiger partial charge in [-0.1, -0.05) is 30.3 Å². The molecule has 0 bridgehead atoms. The van der Waals surface area contributed by atoms with Crippen molar-refractivity contribution in [2.45, 2.75) is 38.4 Å². The molecular weight excluding hydrogens is 282 g/mol. The third-order valence-corrected chi connectivity index (χ3v) is 5.68. The smallest absolute Gasteiger partial charge is 0.120 e. The molecule has 0 radical (unpaired) electrons. The standard InChI is InChI=1S/C20H25N3/c1-2-6-18-15-23(14-8-17(18)5-1)20-9-12-22(13-10-20)16-19-7-3-4-11-21-19/h1-7,11,20H,8-10,12-16H2/p+2. The fraction of sp³-hybridized carbons (Fsp3) is 0.450. The number of piperidine rings is 1. The van der Waals surface area contributed by atoms with E-state index in [0.29, 0.717) is 0 Å². The highest BCUT2D eigenvalue weighted by Gasteiger charge is 2.32. The number of benzene rings is 1. The lowest BCUT2D eigenvalue weighted by molar-refractivity contribution is -0.972. The molecule has 1 unspecified atom stereocenters. The van der Waals surface area contributed by atoms with Crippen LogP contribution in [0.4, 0.5) is 0 Å². The monoisotopic (exact) mass is 309 g/mol. The Morgan fingerprint density at radius 1 is 0.913 bits per heavy atom. The van der Waals surface area contributed by atoms with Crippen molar-refractivity contribution in [1.82, 2.24) is 4.98 Å². The highest BCUT2D eigenvalue weighted by Crippen LogP contribution is 2.11. The second-order valence-corrected chi connectivity index (χ2v) is 7.13. The maximum absolute atomic E-state index is 4.48. The molecule has 0 spiro atoms. The van der Waals surface area contributed by atoms with Gasteiger partial charge in [0, 0.05) is 31.0 Å². The molecule has 1 saturated heterocycles. The molecular formula is C20H27N3+2. The lowest BCUT2D eigenvalue weighted by Gasteiger charge is -2.36. The van der Waals surface area contributed by atoms with Gasteiger partial charge in [0.2, 0.25) is 0 Å². The normalized spacial score (nSPS) is 27.4. The molecule has 1 aromatic heterocycles. The minimum atomic E-state index is 0.857. The van der Waals surface area contributed by atoms with E-state index in [1.807, 2.05) is 17.2 Å². The summed E-state index contributed by atoms with van der Waals surface area (Å²) in [5.74, 6) is 0. The maximum atomic E-state index is 4.48. The molecule has 4 rings (SSSR count). The zero-order valence-corrected chi connectivity index (χ0v) is 13.8. The van der Waals surface area contributed by atoms with E-state index in [1.54, 1.807) is 16.0 Å². The van der Waals surface area contributed by atoms with E-state index < -0.39 is 0 Å². The Morgan fingerprint density at radius 2 is 1.70 bits per heavy atom. The molecule has 3 heterocycles. The molecule has 1 aromatic carbocycles. The van der Waals surface area contributed by atoms with Gasteiger partial charge in [0.05, 0.1) is 31.4 Å². The van der Waals surface area contributed by atoms with Gasteiger partial charge in [0.15, 0.2) is 0 Å². The molecule has 0 amide bonds. The molecule has 2 aliphatic heterocycles. The van der Waals surface area contributed by atoms with Crippen molar-refractivity contribution in [3.63, 3.8) is 0 Å². The molecule has 3 heteroatoms. The summed E-state index contributed by atoms with van der Waals surface area (Å²) in [5.41, 5.74) is 4.40. The fourth-order valence-electron chi connectivity index (χ4n) is 4.32. The summed E-state index contributed by atoms with van der Waals surface area (Å²) in [6, 6.07) is 16.1. The Morgan fingerprint density at radius 3 is 2.48 bits per heavy atom. The third-order valence-electron chi connectivity index (χ3n) is 5.68. The van der Waals surface area contributed by atoms with Gasteiger partial charge in [-0.3, -0.25) is 4.98 Å². The van der Waals surface area contributed by atoms with Gasteiger partial charge < -0.3 is 9.80 Å². The van der Waals surface area contributed by atoms with Crippen molar-refractivity contribution in [1.29, 1.82) is 0 Å². The Balaban J connectivity index is 1.32. The molecule has 1 fully saturated rings. The van der Waals surface area contributed by atoms with Crippen LogP contribution in [0.15, 0.2) is 48.7 Å². The Bertz CT molecular complexity index is 632. The highest BCUT2D eigenvalue weighted by molar-refractivity contribution is 5.27. The Labute approximate surface area is 139 Å². The van der Waals surface area contributed by atoms with Crippen LogP contribution in [-0.2, 0) is 19.5 Å². The number of pyridine rings is 1. The van der Waals surface area contributed by atoms with E-state index in [0.717, 1.165) is 12.6 Å². The quantitative estimate of drug-likeness (QED) is 0.835. The van der Waals surface area contributed by atoms with E-state index in [-0.39, 0.29) is 0 Å². The van der Waals surface area contributed by atoms with Gasteiger partial charge in [-0.2, -0.15) is 0 Å². The van der Waals surface area contributed by atoms with Crippen LogP contribution in [-0.4, -0.2) is 30.7 Å². The lowest BCUT2D eigenvalue weighted by Crippen LogP contribution is -3.20. The average molecular weight is 309 g/mol. The first-order chi connectivity index (χ1) is 11.4. The molecule has 0 aliphatic carbocycles. The summed E-state index contributed by atoms with van der Waals surface area (Å²) in [7, 11) is 0. The van der Waals surface area contributed by atoms with Crippen LogP contribution >= 0.6 is 0 Å². The van der Waals surface area contributed by atoms with Gasteiger partial charge >= 0.3 is 0 Å². The van der Waals surface area contributed by atoms with Crippen LogP contribution in [0.1, 0.15) is 29.7 Å². The molecule has 2 aliphatic rings. The molecule has 23 heavy (non-hydrogen) atoms. The van der Waals surface area contributed by atoms with Crippen molar-refractivity contribution in [3.8, 4) is 0 Å². The van der Waals surface area contributed by atoms with Gasteiger partial charge in [-0.15, -0.1) is 0 Å². The number of hydrogen-bond acceptors (Lipinski definition) is 1. The largest absolute Gasteiger partial charge is 0.330 e. The highest BCUT2D eigenvalue weighted by atomic mass is 15.2. The summed E-state index contributed by atoms with van der Waals surface area (Å²) in [4.78, 5) is 8.01. The number of aromatic nitrogens is 1. The van der Waals surface area contributed by atoms with E-state index >= 15 is 0 Å². The van der Waals surface area contributed by atoms with Crippen molar-refractivity contribution >= 4 is 0 Å². The molecule has 3 nitrogen and oxygen atoms in total. The number of fused-ring (bicyclic) bond motifs is 1. The van der Waals surface area contributed by atoms with Crippen molar-refractivity contribution in [2.75, 3.05) is 19.6 Å². The first-order valence-electron chi connectivity index (χ1n) is 9.03. The van der Waals surface area contributed by atoms with E-state index in [9.17, 15) is 0 Å². The van der Waals surface area contributed by atoms with Crippen LogP contribution < -0.4 is 9.80 Å². The number of quaternary nitrogens is 2. The van der Waals surface area contributed by atoms with E-state index in [1.165, 1.54) is 51.1 Å². The van der Waals surface area contributed by atoms with Gasteiger partial charge in [-0.25, -0.2) is 0 Å². The summed E-state index contributed by atoms with van der Waals surface area (Å²) in [5, 5.41) is 0. The minimum Gasteiger partial charge on any atom is -0.330 e. The molecule has 2 N–H and O–H groups in total. The van der Waals surface area contributed by atoms with Crippen molar-refractivity contribution in [2.24, 2.45) is 0 Å².